The molecule has 0 radical (unpaired) electrons. The van der Waals surface area contributed by atoms with Crippen LogP contribution in [0, 0.1) is 0 Å². The van der Waals surface area contributed by atoms with Gasteiger partial charge in [0.1, 0.15) is 5.17 Å². The molecule has 0 saturated carbocycles. The van der Waals surface area contributed by atoms with Crippen LogP contribution >= 0.6 is 43.5 Å². The molecule has 1 aliphatic heterocycles. The average Bonchev–Trinajstić information content (AvgIpc) is 2.06. The van der Waals surface area contributed by atoms with Crippen LogP contribution in [0.25, 0.3) is 0 Å². The van der Waals surface area contributed by atoms with Gasteiger partial charge in [0.15, 0.2) is 9.92 Å². The van der Waals surface area contributed by atoms with E-state index in [2.05, 4.69) is 40.6 Å². The van der Waals surface area contributed by atoms with Gasteiger partial charge >= 0.3 is 0 Å². The lowest BCUT2D eigenvalue weighted by atomic mass is 10.2. The van der Waals surface area contributed by atoms with Crippen molar-refractivity contribution < 1.29 is 4.21 Å². The van der Waals surface area contributed by atoms with Gasteiger partial charge in [-0.15, -0.1) is 0 Å². The van der Waals surface area contributed by atoms with Crippen LogP contribution in [0.15, 0.2) is 29.8 Å². The Kier molecular flexibility index (Phi) is 2.96. The third-order valence-corrected chi connectivity index (χ3v) is 4.25. The first-order valence-corrected chi connectivity index (χ1v) is 7.70. The first-order valence-electron chi connectivity index (χ1n) is 3.86. The van der Waals surface area contributed by atoms with Gasteiger partial charge in [-0.25, -0.2) is 4.21 Å². The molecule has 1 aromatic rings. The maximum Gasteiger partial charge on any atom is 0.153 e. The summed E-state index contributed by atoms with van der Waals surface area (Å²) in [4.78, 5) is 0. The van der Waals surface area contributed by atoms with Crippen LogP contribution in [0.1, 0.15) is 5.56 Å². The number of fused-ring (bicyclic) bond motifs is 1. The lowest BCUT2D eigenvalue weighted by Gasteiger charge is -2.12. The van der Waals surface area contributed by atoms with E-state index in [0.717, 1.165) is 8.95 Å². The van der Waals surface area contributed by atoms with Crippen molar-refractivity contribution in [3.05, 3.63) is 26.6 Å². The summed E-state index contributed by atoms with van der Waals surface area (Å²) in [5.41, 5.74) is 1.27. The molecule has 1 aromatic carbocycles. The van der Waals surface area contributed by atoms with Crippen molar-refractivity contribution in [1.82, 2.24) is 0 Å². The molecular formula is C8H5Br2ClN2OS. The van der Waals surface area contributed by atoms with E-state index in [1.54, 1.807) is 6.07 Å². The van der Waals surface area contributed by atoms with Crippen LogP contribution in [0.5, 0.6) is 0 Å². The van der Waals surface area contributed by atoms with Crippen molar-refractivity contribution >= 4 is 64.2 Å². The molecule has 1 heterocycles. The molecule has 0 amide bonds. The van der Waals surface area contributed by atoms with Crippen molar-refractivity contribution in [3.8, 4) is 0 Å². The molecule has 7 heteroatoms. The molecule has 0 spiro atoms. The second-order valence-corrected chi connectivity index (χ2v) is 7.04. The van der Waals surface area contributed by atoms with E-state index in [0.29, 0.717) is 11.3 Å². The van der Waals surface area contributed by atoms with Crippen LogP contribution in [0.4, 0.5) is 5.69 Å². The summed E-state index contributed by atoms with van der Waals surface area (Å²) >= 11 is 12.6. The molecule has 1 atom stereocenters. The minimum atomic E-state index is -2.59. The molecule has 0 aromatic heterocycles. The van der Waals surface area contributed by atoms with Gasteiger partial charge in [-0.3, -0.25) is 0 Å². The highest BCUT2D eigenvalue weighted by Gasteiger charge is 2.19. The predicted octanol–water partition coefficient (Wildman–Crippen LogP) is 3.85. The molecule has 2 rings (SSSR count). The Morgan fingerprint density at radius 1 is 1.40 bits per heavy atom. The molecule has 0 N–H and O–H groups in total. The zero-order valence-corrected chi connectivity index (χ0v) is 12.2. The van der Waals surface area contributed by atoms with Crippen molar-refractivity contribution in [3.63, 3.8) is 0 Å². The Labute approximate surface area is 110 Å². The Balaban J connectivity index is 2.85. The second-order valence-electron chi connectivity index (χ2n) is 3.02. The maximum atomic E-state index is 11.7. The van der Waals surface area contributed by atoms with Gasteiger partial charge in [0, 0.05) is 20.8 Å². The third-order valence-electron chi connectivity index (χ3n) is 1.76. The molecule has 0 aliphatic carbocycles. The summed E-state index contributed by atoms with van der Waals surface area (Å²) in [6.45, 7) is 0. The fourth-order valence-electron chi connectivity index (χ4n) is 1.20. The number of benzene rings is 1. The van der Waals surface area contributed by atoms with Gasteiger partial charge in [-0.1, -0.05) is 27.5 Å². The highest BCUT2D eigenvalue weighted by Crippen LogP contribution is 2.37. The fraction of sp³-hybridized carbons (Fsp3) is 0.125. The number of hydrogen-bond acceptors (Lipinski definition) is 2. The molecule has 0 fully saturated rings. The summed E-state index contributed by atoms with van der Waals surface area (Å²) in [6.07, 6.45) is 1.45. The minimum Gasteiger partial charge on any atom is -0.226 e. The monoisotopic (exact) mass is 370 g/mol. The summed E-state index contributed by atoms with van der Waals surface area (Å²) < 4.78 is 21.2. The first kappa shape index (κ1) is 11.6. The average molecular weight is 372 g/mol. The largest absolute Gasteiger partial charge is 0.226 e. The molecule has 0 saturated heterocycles. The van der Waals surface area contributed by atoms with Crippen molar-refractivity contribution in [2.45, 2.75) is 0 Å². The van der Waals surface area contributed by atoms with Gasteiger partial charge in [0.25, 0.3) is 0 Å². The van der Waals surface area contributed by atoms with Crippen LogP contribution in [0.2, 0.25) is 0 Å². The van der Waals surface area contributed by atoms with Crippen LogP contribution in [0.3, 0.4) is 0 Å². The van der Waals surface area contributed by atoms with Crippen LogP contribution in [-0.4, -0.2) is 15.6 Å². The number of halogens is 3. The van der Waals surface area contributed by atoms with Gasteiger partial charge in [0.05, 0.1) is 5.69 Å². The van der Waals surface area contributed by atoms with E-state index < -0.39 is 9.92 Å². The molecule has 15 heavy (non-hydrogen) atoms. The summed E-state index contributed by atoms with van der Waals surface area (Å²) in [5, 5.41) is 0.231. The van der Waals surface area contributed by atoms with Crippen LogP contribution in [-0.2, 0) is 9.92 Å². The van der Waals surface area contributed by atoms with Gasteiger partial charge in [-0.2, -0.15) is 8.76 Å². The highest BCUT2D eigenvalue weighted by molar-refractivity contribution is 9.11. The van der Waals surface area contributed by atoms with E-state index in [9.17, 15) is 4.21 Å². The number of rotatable bonds is 0. The molecule has 80 valence electrons. The molecular weight excluding hydrogens is 367 g/mol. The maximum absolute atomic E-state index is 11.7. The summed E-state index contributed by atoms with van der Waals surface area (Å²) in [7, 11) is -2.59. The zero-order valence-electron chi connectivity index (χ0n) is 7.50. The van der Waals surface area contributed by atoms with Gasteiger partial charge in [0.2, 0.25) is 0 Å². The normalized spacial score (nSPS) is 24.1. The lowest BCUT2D eigenvalue weighted by Crippen LogP contribution is -2.04. The number of nitrogens with zero attached hydrogens (tertiary/aromatic N) is 2. The van der Waals surface area contributed by atoms with Crippen molar-refractivity contribution in [2.75, 3.05) is 6.26 Å². The SMILES string of the molecule is CS1(=O)=Nc2c(Br)cc(Br)cc2C(Cl)=N1. The van der Waals surface area contributed by atoms with Crippen molar-refractivity contribution in [1.29, 1.82) is 0 Å². The smallest absolute Gasteiger partial charge is 0.153 e. The Bertz CT molecular complexity index is 591. The Morgan fingerprint density at radius 3 is 2.73 bits per heavy atom. The molecule has 0 bridgehead atoms. The second kappa shape index (κ2) is 3.84. The number of hydrogen-bond donors (Lipinski definition) is 0. The predicted molar refractivity (Wildman–Crippen MR) is 70.4 cm³/mol. The molecule has 1 unspecified atom stereocenters. The zero-order chi connectivity index (χ0) is 11.2. The topological polar surface area (TPSA) is 41.8 Å². The van der Waals surface area contributed by atoms with E-state index >= 15 is 0 Å². The van der Waals surface area contributed by atoms with Gasteiger partial charge in [-0.05, 0) is 28.1 Å². The third kappa shape index (κ3) is 2.27. The van der Waals surface area contributed by atoms with Gasteiger partial charge < -0.3 is 0 Å². The summed E-state index contributed by atoms with van der Waals surface area (Å²) in [6, 6.07) is 3.62. The Hall–Kier alpha value is 0.0900. The first-order chi connectivity index (χ1) is 6.89. The van der Waals surface area contributed by atoms with E-state index in [4.69, 9.17) is 11.6 Å². The highest BCUT2D eigenvalue weighted by atomic mass is 79.9. The van der Waals surface area contributed by atoms with Crippen LogP contribution < -0.4 is 0 Å². The molecule has 3 nitrogen and oxygen atoms in total. The Morgan fingerprint density at radius 2 is 2.07 bits per heavy atom. The quantitative estimate of drug-likeness (QED) is 0.682. The molecule has 1 aliphatic rings. The standard InChI is InChI=1S/C8H5Br2ClN2OS/c1-15(14)12-7-5(8(11)13-15)2-4(9)3-6(7)10/h2-3H,1H3. The fourth-order valence-corrected chi connectivity index (χ4v) is 4.14. The lowest BCUT2D eigenvalue weighted by molar-refractivity contribution is 0.682. The van der Waals surface area contributed by atoms with E-state index in [1.807, 2.05) is 6.07 Å². The van der Waals surface area contributed by atoms with E-state index in [1.165, 1.54) is 6.26 Å². The van der Waals surface area contributed by atoms with E-state index in [-0.39, 0.29) is 5.17 Å². The minimum absolute atomic E-state index is 0.231. The van der Waals surface area contributed by atoms with Crippen molar-refractivity contribution in [2.24, 2.45) is 8.76 Å². The summed E-state index contributed by atoms with van der Waals surface area (Å²) in [5.74, 6) is 0.